The van der Waals surface area contributed by atoms with Gasteiger partial charge >= 0.3 is 0 Å². The smallest absolute Gasteiger partial charge is 0.293 e. The van der Waals surface area contributed by atoms with Crippen LogP contribution in [-0.4, -0.2) is 41.9 Å². The number of piperazine rings is 1. The average Bonchev–Trinajstić information content (AvgIpc) is 2.38. The van der Waals surface area contributed by atoms with Gasteiger partial charge in [0.25, 0.3) is 5.69 Å². The highest BCUT2D eigenvalue weighted by molar-refractivity contribution is 9.10. The van der Waals surface area contributed by atoms with Gasteiger partial charge in [0.05, 0.1) is 4.92 Å². The molecule has 0 unspecified atom stereocenters. The topological polar surface area (TPSA) is 66.7 Å². The molecule has 1 heterocycles. The number of benzene rings is 1. The summed E-state index contributed by atoms with van der Waals surface area (Å²) >= 11 is 3.24. The van der Waals surface area contributed by atoms with Crippen LogP contribution >= 0.6 is 15.9 Å². The van der Waals surface area contributed by atoms with E-state index in [9.17, 15) is 14.9 Å². The molecule has 0 spiro atoms. The minimum Gasteiger partial charge on any atom is -0.362 e. The van der Waals surface area contributed by atoms with Crippen LogP contribution in [-0.2, 0) is 4.79 Å². The normalized spacial score (nSPS) is 15.5. The number of rotatable bonds is 2. The fourth-order valence-electron chi connectivity index (χ4n) is 2.17. The Morgan fingerprint density at radius 1 is 1.32 bits per heavy atom. The van der Waals surface area contributed by atoms with E-state index in [4.69, 9.17) is 0 Å². The maximum absolute atomic E-state index is 11.3. The number of carbonyl (C=O) groups is 1. The fourth-order valence-corrected chi connectivity index (χ4v) is 2.52. The molecule has 1 saturated heterocycles. The molecule has 1 amide bonds. The van der Waals surface area contributed by atoms with Crippen LogP contribution in [0.5, 0.6) is 0 Å². The number of anilines is 1. The number of hydrogen-bond acceptors (Lipinski definition) is 4. The van der Waals surface area contributed by atoms with Crippen molar-refractivity contribution in [2.45, 2.75) is 6.92 Å². The summed E-state index contributed by atoms with van der Waals surface area (Å²) < 4.78 is 0.685. The number of amides is 1. The molecular formula is C12H14BrN3O3. The highest BCUT2D eigenvalue weighted by Crippen LogP contribution is 2.31. The summed E-state index contributed by atoms with van der Waals surface area (Å²) in [7, 11) is 0. The van der Waals surface area contributed by atoms with E-state index in [1.54, 1.807) is 17.0 Å². The van der Waals surface area contributed by atoms with E-state index >= 15 is 0 Å². The molecule has 0 aliphatic carbocycles. The van der Waals surface area contributed by atoms with Crippen molar-refractivity contribution in [3.05, 3.63) is 32.8 Å². The molecule has 2 rings (SSSR count). The lowest BCUT2D eigenvalue weighted by atomic mass is 10.2. The molecule has 0 aromatic heterocycles. The zero-order chi connectivity index (χ0) is 14.0. The van der Waals surface area contributed by atoms with Gasteiger partial charge in [0, 0.05) is 43.6 Å². The lowest BCUT2D eigenvalue weighted by molar-refractivity contribution is -0.384. The van der Waals surface area contributed by atoms with Gasteiger partial charge in [-0.1, -0.05) is 15.9 Å². The van der Waals surface area contributed by atoms with Gasteiger partial charge in [0.1, 0.15) is 5.69 Å². The molecule has 1 aliphatic rings. The van der Waals surface area contributed by atoms with Crippen molar-refractivity contribution in [2.24, 2.45) is 0 Å². The zero-order valence-corrected chi connectivity index (χ0v) is 12.1. The zero-order valence-electron chi connectivity index (χ0n) is 10.5. The Bertz CT molecular complexity index is 513. The number of nitro benzene ring substituents is 1. The standard InChI is InChI=1S/C12H14BrN3O3/c1-9(17)14-4-6-15(7-5-14)11-3-2-10(13)8-12(11)16(18)19/h2-3,8H,4-7H2,1H3. The number of nitro groups is 1. The fraction of sp³-hybridized carbons (Fsp3) is 0.417. The van der Waals surface area contributed by atoms with Gasteiger partial charge in [-0.3, -0.25) is 14.9 Å². The highest BCUT2D eigenvalue weighted by atomic mass is 79.9. The molecule has 1 aliphatic heterocycles. The Hall–Kier alpha value is -1.63. The van der Waals surface area contributed by atoms with Crippen LogP contribution < -0.4 is 4.90 Å². The van der Waals surface area contributed by atoms with Crippen molar-refractivity contribution in [2.75, 3.05) is 31.1 Å². The Morgan fingerprint density at radius 2 is 1.95 bits per heavy atom. The average molecular weight is 328 g/mol. The van der Waals surface area contributed by atoms with Gasteiger partial charge < -0.3 is 9.80 Å². The lowest BCUT2D eigenvalue weighted by Gasteiger charge is -2.35. The SMILES string of the molecule is CC(=O)N1CCN(c2ccc(Br)cc2[N+](=O)[O-])CC1. The van der Waals surface area contributed by atoms with Crippen LogP contribution in [0.4, 0.5) is 11.4 Å². The predicted molar refractivity (Wildman–Crippen MR) is 75.3 cm³/mol. The molecule has 0 N–H and O–H groups in total. The summed E-state index contributed by atoms with van der Waals surface area (Å²) in [5, 5.41) is 11.1. The first-order valence-electron chi connectivity index (χ1n) is 5.93. The van der Waals surface area contributed by atoms with E-state index in [2.05, 4.69) is 15.9 Å². The van der Waals surface area contributed by atoms with Crippen molar-refractivity contribution in [1.29, 1.82) is 0 Å². The van der Waals surface area contributed by atoms with E-state index in [0.29, 0.717) is 36.3 Å². The van der Waals surface area contributed by atoms with Crippen LogP contribution in [0, 0.1) is 10.1 Å². The molecule has 19 heavy (non-hydrogen) atoms. The monoisotopic (exact) mass is 327 g/mol. The Morgan fingerprint density at radius 3 is 2.47 bits per heavy atom. The van der Waals surface area contributed by atoms with Crippen LogP contribution in [0.3, 0.4) is 0 Å². The Balaban J connectivity index is 2.20. The van der Waals surface area contributed by atoms with Crippen LogP contribution in [0.2, 0.25) is 0 Å². The first-order valence-corrected chi connectivity index (χ1v) is 6.73. The van der Waals surface area contributed by atoms with Gasteiger partial charge in [-0.25, -0.2) is 0 Å². The van der Waals surface area contributed by atoms with Crippen molar-refractivity contribution in [3.8, 4) is 0 Å². The van der Waals surface area contributed by atoms with Crippen molar-refractivity contribution >= 4 is 33.2 Å². The molecule has 6 nitrogen and oxygen atoms in total. The summed E-state index contributed by atoms with van der Waals surface area (Å²) in [5.41, 5.74) is 0.696. The molecule has 0 bridgehead atoms. The van der Waals surface area contributed by atoms with E-state index in [-0.39, 0.29) is 16.5 Å². The Labute approximate surface area is 119 Å². The second kappa shape index (κ2) is 5.56. The van der Waals surface area contributed by atoms with E-state index in [1.807, 2.05) is 4.90 Å². The van der Waals surface area contributed by atoms with Crippen LogP contribution in [0.15, 0.2) is 22.7 Å². The van der Waals surface area contributed by atoms with Crippen molar-refractivity contribution in [3.63, 3.8) is 0 Å². The van der Waals surface area contributed by atoms with E-state index < -0.39 is 0 Å². The molecule has 0 saturated carbocycles. The molecule has 0 radical (unpaired) electrons. The molecule has 1 aromatic rings. The predicted octanol–water partition coefficient (Wildman–Crippen LogP) is 2.03. The molecular weight excluding hydrogens is 314 g/mol. The molecule has 0 atom stereocenters. The summed E-state index contributed by atoms with van der Waals surface area (Å²) in [6, 6.07) is 5.04. The Kier molecular flexibility index (Phi) is 4.04. The summed E-state index contributed by atoms with van der Waals surface area (Å²) in [5.74, 6) is 0.0463. The van der Waals surface area contributed by atoms with Crippen LogP contribution in [0.25, 0.3) is 0 Å². The van der Waals surface area contributed by atoms with E-state index in [0.717, 1.165) is 0 Å². The van der Waals surface area contributed by atoms with Crippen molar-refractivity contribution in [1.82, 2.24) is 4.90 Å². The van der Waals surface area contributed by atoms with Gasteiger partial charge in [-0.15, -0.1) is 0 Å². The molecule has 1 aromatic carbocycles. The van der Waals surface area contributed by atoms with Gasteiger partial charge in [0.15, 0.2) is 0 Å². The molecule has 1 fully saturated rings. The third kappa shape index (κ3) is 3.04. The van der Waals surface area contributed by atoms with Gasteiger partial charge in [-0.05, 0) is 12.1 Å². The third-order valence-corrected chi connectivity index (χ3v) is 3.69. The second-order valence-corrected chi connectivity index (χ2v) is 5.30. The number of nitrogens with zero attached hydrogens (tertiary/aromatic N) is 3. The first-order chi connectivity index (χ1) is 8.99. The number of halogens is 1. The molecule has 102 valence electrons. The lowest BCUT2D eigenvalue weighted by Crippen LogP contribution is -2.48. The first kappa shape index (κ1) is 13.8. The second-order valence-electron chi connectivity index (χ2n) is 4.38. The minimum atomic E-state index is -0.378. The third-order valence-electron chi connectivity index (χ3n) is 3.20. The van der Waals surface area contributed by atoms with Gasteiger partial charge in [-0.2, -0.15) is 0 Å². The largest absolute Gasteiger partial charge is 0.362 e. The summed E-state index contributed by atoms with van der Waals surface area (Å²) in [6.07, 6.45) is 0. The van der Waals surface area contributed by atoms with E-state index in [1.165, 1.54) is 13.0 Å². The number of carbonyl (C=O) groups excluding carboxylic acids is 1. The quantitative estimate of drug-likeness (QED) is 0.615. The van der Waals surface area contributed by atoms with Crippen molar-refractivity contribution < 1.29 is 9.72 Å². The number of hydrogen-bond donors (Lipinski definition) is 0. The van der Waals surface area contributed by atoms with Crippen LogP contribution in [0.1, 0.15) is 6.92 Å². The minimum absolute atomic E-state index is 0.0463. The molecule has 7 heteroatoms. The highest BCUT2D eigenvalue weighted by Gasteiger charge is 2.24. The summed E-state index contributed by atoms with van der Waals surface area (Å²) in [4.78, 5) is 25.7. The van der Waals surface area contributed by atoms with Gasteiger partial charge in [0.2, 0.25) is 5.91 Å². The maximum atomic E-state index is 11.3. The summed E-state index contributed by atoms with van der Waals surface area (Å²) in [6.45, 7) is 3.97. The maximum Gasteiger partial charge on any atom is 0.293 e.